The lowest BCUT2D eigenvalue weighted by molar-refractivity contribution is 0.168. The molecule has 0 saturated carbocycles. The number of aliphatic imine (C=N–C) groups is 1. The van der Waals surface area contributed by atoms with E-state index >= 15 is 0 Å². The smallest absolute Gasteiger partial charge is 0.411 e. The molecule has 7 nitrogen and oxygen atoms in total. The molecule has 3 N–H and O–H groups in total. The first kappa shape index (κ1) is 17.4. The van der Waals surface area contributed by atoms with Crippen molar-refractivity contribution < 1.29 is 13.9 Å². The van der Waals surface area contributed by atoms with Crippen LogP contribution in [0.5, 0.6) is 0 Å². The van der Waals surface area contributed by atoms with Crippen LogP contribution in [0.15, 0.2) is 34.0 Å². The average Bonchev–Trinajstić information content (AvgIpc) is 2.90. The molecule has 1 aliphatic heterocycles. The van der Waals surface area contributed by atoms with E-state index in [9.17, 15) is 9.18 Å². The highest BCUT2D eigenvalue weighted by molar-refractivity contribution is 9.10. The molecule has 132 valence electrons. The van der Waals surface area contributed by atoms with E-state index in [1.54, 1.807) is 26.1 Å². The van der Waals surface area contributed by atoms with Gasteiger partial charge in [0.2, 0.25) is 0 Å². The zero-order chi connectivity index (χ0) is 18.2. The van der Waals surface area contributed by atoms with Gasteiger partial charge in [-0.15, -0.1) is 0 Å². The number of benzene rings is 1. The van der Waals surface area contributed by atoms with Gasteiger partial charge in [-0.05, 0) is 48.0 Å². The number of fused-ring (bicyclic) bond motifs is 1. The molecule has 0 fully saturated rings. The summed E-state index contributed by atoms with van der Waals surface area (Å²) in [7, 11) is 0. The van der Waals surface area contributed by atoms with Crippen molar-refractivity contribution in [2.24, 2.45) is 10.7 Å². The maximum Gasteiger partial charge on any atom is 0.411 e. The summed E-state index contributed by atoms with van der Waals surface area (Å²) in [6.07, 6.45) is 1.17. The first-order valence-corrected chi connectivity index (χ1v) is 8.44. The molecule has 0 saturated heterocycles. The Morgan fingerprint density at radius 1 is 1.56 bits per heavy atom. The Balaban J connectivity index is 1.98. The summed E-state index contributed by atoms with van der Waals surface area (Å²) in [6.45, 7) is 4.10. The molecule has 3 rings (SSSR count). The lowest BCUT2D eigenvalue weighted by Crippen LogP contribution is -2.37. The van der Waals surface area contributed by atoms with Crippen molar-refractivity contribution in [2.45, 2.75) is 25.9 Å². The zero-order valence-electron chi connectivity index (χ0n) is 13.7. The number of halogens is 2. The number of carbonyl (C=O) groups excluding carboxylic acids is 1. The van der Waals surface area contributed by atoms with Crippen molar-refractivity contribution in [3.05, 3.63) is 46.2 Å². The van der Waals surface area contributed by atoms with Gasteiger partial charge in [0.1, 0.15) is 16.0 Å². The van der Waals surface area contributed by atoms with Crippen LogP contribution in [-0.2, 0) is 16.8 Å². The highest BCUT2D eigenvalue weighted by Crippen LogP contribution is 2.35. The van der Waals surface area contributed by atoms with Crippen LogP contribution in [0.1, 0.15) is 25.2 Å². The molecule has 1 aromatic heterocycles. The summed E-state index contributed by atoms with van der Waals surface area (Å²) in [5.74, 6) is 0.323. The second kappa shape index (κ2) is 6.47. The number of ether oxygens (including phenoxy) is 1. The normalized spacial score (nSPS) is 19.1. The number of hydrogen-bond acceptors (Lipinski definition) is 5. The molecule has 0 radical (unpaired) electrons. The molecule has 1 amide bonds. The Morgan fingerprint density at radius 3 is 3.04 bits per heavy atom. The molecule has 1 atom stereocenters. The number of anilines is 1. The Bertz CT molecular complexity index is 866. The molecule has 9 heteroatoms. The third-order valence-corrected chi connectivity index (χ3v) is 4.27. The monoisotopic (exact) mass is 409 g/mol. The zero-order valence-corrected chi connectivity index (χ0v) is 15.3. The van der Waals surface area contributed by atoms with Crippen molar-refractivity contribution in [3.63, 3.8) is 0 Å². The third-order valence-electron chi connectivity index (χ3n) is 3.89. The summed E-state index contributed by atoms with van der Waals surface area (Å²) in [5.41, 5.74) is 5.82. The molecule has 1 aromatic carbocycles. The summed E-state index contributed by atoms with van der Waals surface area (Å²) in [4.78, 5) is 20.3. The number of aromatic nitrogens is 2. The van der Waals surface area contributed by atoms with Crippen LogP contribution in [0.4, 0.5) is 14.9 Å². The number of carbonyl (C=O) groups is 1. The van der Waals surface area contributed by atoms with E-state index in [4.69, 9.17) is 10.5 Å². The van der Waals surface area contributed by atoms with Crippen LogP contribution in [0.3, 0.4) is 0 Å². The van der Waals surface area contributed by atoms with Crippen molar-refractivity contribution in [3.8, 4) is 0 Å². The molecule has 2 aromatic rings. The number of hydrogen-bond donors (Lipinski definition) is 2. The number of nitrogens with two attached hydrogens (primary N) is 1. The number of rotatable bonds is 3. The summed E-state index contributed by atoms with van der Waals surface area (Å²) < 4.78 is 21.8. The minimum atomic E-state index is -0.937. The van der Waals surface area contributed by atoms with Crippen LogP contribution >= 0.6 is 15.9 Å². The highest BCUT2D eigenvalue weighted by atomic mass is 79.9. The van der Waals surface area contributed by atoms with Gasteiger partial charge in [-0.1, -0.05) is 0 Å². The van der Waals surface area contributed by atoms with E-state index in [0.29, 0.717) is 28.2 Å². The van der Waals surface area contributed by atoms with E-state index in [1.165, 1.54) is 12.1 Å². The molecular formula is C16H17BrFN5O2. The van der Waals surface area contributed by atoms with Gasteiger partial charge in [-0.2, -0.15) is 0 Å². The topological polar surface area (TPSA) is 94.5 Å². The van der Waals surface area contributed by atoms with E-state index < -0.39 is 17.4 Å². The van der Waals surface area contributed by atoms with E-state index in [2.05, 4.69) is 31.2 Å². The van der Waals surface area contributed by atoms with Crippen LogP contribution in [0.2, 0.25) is 0 Å². The first-order chi connectivity index (χ1) is 11.8. The number of nitrogens with one attached hydrogen (secondary N) is 1. The standard InChI is InChI=1S/C16H17BrFN5O2/c1-3-25-15(24)20-9-4-5-11(18)10(6-9)16(2)8-23-7-12(17)21-14(23)13(19)22-16/h4-7H,3,8H2,1-2H3,(H2,19,22)(H,20,24)/t16-/m0/s1. The quantitative estimate of drug-likeness (QED) is 0.814. The van der Waals surface area contributed by atoms with Gasteiger partial charge in [0.05, 0.1) is 13.2 Å². The first-order valence-electron chi connectivity index (χ1n) is 7.64. The molecule has 25 heavy (non-hydrogen) atoms. The van der Waals surface area contributed by atoms with Gasteiger partial charge in [-0.3, -0.25) is 10.3 Å². The van der Waals surface area contributed by atoms with Crippen LogP contribution in [-0.4, -0.2) is 28.1 Å². The Kier molecular flexibility index (Phi) is 4.51. The van der Waals surface area contributed by atoms with E-state index in [0.717, 1.165) is 0 Å². The summed E-state index contributed by atoms with van der Waals surface area (Å²) in [6, 6.07) is 4.29. The lowest BCUT2D eigenvalue weighted by Gasteiger charge is -2.31. The summed E-state index contributed by atoms with van der Waals surface area (Å²) >= 11 is 3.30. The molecule has 0 spiro atoms. The van der Waals surface area contributed by atoms with Gasteiger partial charge in [0.25, 0.3) is 0 Å². The Labute approximate surface area is 152 Å². The number of nitrogens with zero attached hydrogens (tertiary/aromatic N) is 3. The fourth-order valence-corrected chi connectivity index (χ4v) is 3.25. The SMILES string of the molecule is CCOC(=O)Nc1ccc(F)c([C@]2(C)Cn3cc(Br)nc3C(N)=N2)c1. The van der Waals surface area contributed by atoms with Crippen molar-refractivity contribution in [2.75, 3.05) is 11.9 Å². The molecular weight excluding hydrogens is 393 g/mol. The largest absolute Gasteiger partial charge is 0.450 e. The van der Waals surface area contributed by atoms with Gasteiger partial charge >= 0.3 is 6.09 Å². The van der Waals surface area contributed by atoms with Gasteiger partial charge in [-0.25, -0.2) is 14.2 Å². The van der Waals surface area contributed by atoms with Crippen molar-refractivity contribution >= 4 is 33.5 Å². The van der Waals surface area contributed by atoms with Gasteiger partial charge in [0.15, 0.2) is 11.7 Å². The predicted molar refractivity (Wildman–Crippen MR) is 95.0 cm³/mol. The maximum atomic E-state index is 14.5. The number of amidine groups is 1. The molecule has 1 aliphatic rings. The minimum absolute atomic E-state index is 0.225. The Morgan fingerprint density at radius 2 is 2.32 bits per heavy atom. The van der Waals surface area contributed by atoms with E-state index in [1.807, 2.05) is 4.57 Å². The molecule has 0 unspecified atom stereocenters. The molecule has 2 heterocycles. The minimum Gasteiger partial charge on any atom is -0.450 e. The third kappa shape index (κ3) is 3.37. The van der Waals surface area contributed by atoms with Gasteiger partial charge < -0.3 is 15.0 Å². The molecule has 0 aliphatic carbocycles. The van der Waals surface area contributed by atoms with Gasteiger partial charge in [0, 0.05) is 17.4 Å². The second-order valence-electron chi connectivity index (χ2n) is 5.83. The number of amides is 1. The number of imidazole rings is 1. The van der Waals surface area contributed by atoms with Crippen molar-refractivity contribution in [1.29, 1.82) is 0 Å². The van der Waals surface area contributed by atoms with E-state index in [-0.39, 0.29) is 12.4 Å². The second-order valence-corrected chi connectivity index (χ2v) is 6.64. The fraction of sp³-hybridized carbons (Fsp3) is 0.312. The fourth-order valence-electron chi connectivity index (χ4n) is 2.84. The summed E-state index contributed by atoms with van der Waals surface area (Å²) in [5, 5.41) is 2.57. The van der Waals surface area contributed by atoms with Crippen LogP contribution < -0.4 is 11.1 Å². The van der Waals surface area contributed by atoms with Crippen molar-refractivity contribution in [1.82, 2.24) is 9.55 Å². The average molecular weight is 410 g/mol. The lowest BCUT2D eigenvalue weighted by atomic mass is 9.90. The predicted octanol–water partition coefficient (Wildman–Crippen LogP) is 2.99. The van der Waals surface area contributed by atoms with Crippen LogP contribution in [0.25, 0.3) is 0 Å². The highest BCUT2D eigenvalue weighted by Gasteiger charge is 2.35. The maximum absolute atomic E-state index is 14.5. The van der Waals surface area contributed by atoms with Crippen LogP contribution in [0, 0.1) is 5.82 Å². The Hall–Kier alpha value is -2.42. The molecule has 0 bridgehead atoms.